The average Bonchev–Trinajstić information content (AvgIpc) is 2.63. The third kappa shape index (κ3) is 4.18. The highest BCUT2D eigenvalue weighted by atomic mass is 16.2. The van der Waals surface area contributed by atoms with Crippen LogP contribution in [-0.2, 0) is 4.79 Å². The van der Waals surface area contributed by atoms with Gasteiger partial charge in [-0.05, 0) is 69.5 Å². The summed E-state index contributed by atoms with van der Waals surface area (Å²) in [7, 11) is 0. The minimum atomic E-state index is 0.284. The van der Waals surface area contributed by atoms with Crippen molar-refractivity contribution in [3.63, 3.8) is 0 Å². The molecular formula is C21H32N2O. The summed E-state index contributed by atoms with van der Waals surface area (Å²) in [5.41, 5.74) is 2.59. The second kappa shape index (κ2) is 8.15. The van der Waals surface area contributed by atoms with E-state index in [2.05, 4.69) is 48.3 Å². The zero-order chi connectivity index (χ0) is 16.9. The number of hydrogen-bond donors (Lipinski definition) is 1. The van der Waals surface area contributed by atoms with Crippen LogP contribution >= 0.6 is 0 Å². The van der Waals surface area contributed by atoms with Gasteiger partial charge < -0.3 is 10.2 Å². The zero-order valence-corrected chi connectivity index (χ0v) is 15.3. The van der Waals surface area contributed by atoms with E-state index in [1.165, 1.54) is 30.4 Å². The van der Waals surface area contributed by atoms with Gasteiger partial charge in [-0.1, -0.05) is 36.8 Å². The van der Waals surface area contributed by atoms with E-state index in [-0.39, 0.29) is 6.04 Å². The third-order valence-corrected chi connectivity index (χ3v) is 5.97. The lowest BCUT2D eigenvalue weighted by atomic mass is 9.83. The van der Waals surface area contributed by atoms with E-state index >= 15 is 0 Å². The maximum Gasteiger partial charge on any atom is 0.223 e. The Bertz CT molecular complexity index is 533. The number of benzene rings is 1. The first-order chi connectivity index (χ1) is 11.6. The number of nitrogens with zero attached hydrogens (tertiary/aromatic N) is 1. The monoisotopic (exact) mass is 328 g/mol. The van der Waals surface area contributed by atoms with Gasteiger partial charge >= 0.3 is 0 Å². The van der Waals surface area contributed by atoms with Crippen LogP contribution in [0.25, 0.3) is 0 Å². The first-order valence-electron chi connectivity index (χ1n) is 9.72. The molecule has 3 heteroatoms. The maximum absolute atomic E-state index is 13.0. The Labute approximate surface area is 146 Å². The van der Waals surface area contributed by atoms with Crippen LogP contribution in [0.3, 0.4) is 0 Å². The lowest BCUT2D eigenvalue weighted by molar-refractivity contribution is -0.136. The summed E-state index contributed by atoms with van der Waals surface area (Å²) in [6.45, 7) is 7.54. The first kappa shape index (κ1) is 17.5. The molecule has 1 amide bonds. The fraction of sp³-hybridized carbons (Fsp3) is 0.667. The number of rotatable bonds is 4. The van der Waals surface area contributed by atoms with E-state index < -0.39 is 0 Å². The molecule has 0 saturated carbocycles. The van der Waals surface area contributed by atoms with Gasteiger partial charge in [0.1, 0.15) is 0 Å². The van der Waals surface area contributed by atoms with Crippen molar-refractivity contribution in [2.45, 2.75) is 58.4 Å². The van der Waals surface area contributed by atoms with Crippen molar-refractivity contribution in [3.05, 3.63) is 35.4 Å². The summed E-state index contributed by atoms with van der Waals surface area (Å²) in [6.07, 6.45) is 6.64. The lowest BCUT2D eigenvalue weighted by Gasteiger charge is -2.38. The molecule has 2 heterocycles. The first-order valence-corrected chi connectivity index (χ1v) is 9.72. The molecule has 132 valence electrons. The number of nitrogens with one attached hydrogen (secondary N) is 1. The highest BCUT2D eigenvalue weighted by Gasteiger charge is 2.30. The van der Waals surface area contributed by atoms with E-state index in [0.29, 0.717) is 24.2 Å². The number of likely N-dealkylation sites (tertiary alicyclic amines) is 1. The van der Waals surface area contributed by atoms with E-state index in [9.17, 15) is 4.79 Å². The molecule has 2 aliphatic heterocycles. The molecule has 2 unspecified atom stereocenters. The van der Waals surface area contributed by atoms with Crippen molar-refractivity contribution in [2.24, 2.45) is 11.8 Å². The van der Waals surface area contributed by atoms with Crippen molar-refractivity contribution in [1.29, 1.82) is 0 Å². The highest BCUT2D eigenvalue weighted by Crippen LogP contribution is 2.33. The molecule has 3 rings (SSSR count). The van der Waals surface area contributed by atoms with Gasteiger partial charge in [0.2, 0.25) is 5.91 Å². The predicted molar refractivity (Wildman–Crippen MR) is 98.9 cm³/mol. The number of aryl methyl sites for hydroxylation is 1. The molecule has 2 fully saturated rings. The van der Waals surface area contributed by atoms with Gasteiger partial charge in [0.15, 0.2) is 0 Å². The van der Waals surface area contributed by atoms with Crippen LogP contribution in [0.2, 0.25) is 0 Å². The molecule has 2 saturated heterocycles. The van der Waals surface area contributed by atoms with E-state index in [0.717, 1.165) is 32.5 Å². The van der Waals surface area contributed by atoms with Crippen LogP contribution in [0.1, 0.15) is 62.6 Å². The van der Waals surface area contributed by atoms with Crippen molar-refractivity contribution in [3.8, 4) is 0 Å². The van der Waals surface area contributed by atoms with Crippen LogP contribution in [0, 0.1) is 18.8 Å². The smallest absolute Gasteiger partial charge is 0.223 e. The van der Waals surface area contributed by atoms with Crippen molar-refractivity contribution < 1.29 is 4.79 Å². The fourth-order valence-electron chi connectivity index (χ4n) is 4.34. The molecule has 2 aliphatic rings. The summed E-state index contributed by atoms with van der Waals surface area (Å²) in [4.78, 5) is 15.2. The van der Waals surface area contributed by atoms with Gasteiger partial charge in [0.25, 0.3) is 0 Å². The molecule has 3 nitrogen and oxygen atoms in total. The average molecular weight is 329 g/mol. The summed E-state index contributed by atoms with van der Waals surface area (Å²) >= 11 is 0. The SMILES string of the molecule is Cc1ccc(C2CCCCN2C(=O)CC(C)C2CCNCC2)cc1. The molecule has 2 atom stereocenters. The summed E-state index contributed by atoms with van der Waals surface area (Å²) < 4.78 is 0. The van der Waals surface area contributed by atoms with E-state index in [1.807, 2.05) is 0 Å². The second-order valence-corrected chi connectivity index (χ2v) is 7.78. The maximum atomic E-state index is 13.0. The van der Waals surface area contributed by atoms with Gasteiger partial charge in [0, 0.05) is 13.0 Å². The Balaban J connectivity index is 1.65. The molecule has 0 aliphatic carbocycles. The van der Waals surface area contributed by atoms with Crippen molar-refractivity contribution in [2.75, 3.05) is 19.6 Å². The Morgan fingerprint density at radius 2 is 1.88 bits per heavy atom. The van der Waals surface area contributed by atoms with E-state index in [4.69, 9.17) is 0 Å². The summed E-state index contributed by atoms with van der Waals surface area (Å²) in [5, 5.41) is 3.42. The van der Waals surface area contributed by atoms with Gasteiger partial charge in [-0.15, -0.1) is 0 Å². The quantitative estimate of drug-likeness (QED) is 0.903. The van der Waals surface area contributed by atoms with Crippen molar-refractivity contribution in [1.82, 2.24) is 10.2 Å². The zero-order valence-electron chi connectivity index (χ0n) is 15.3. The molecule has 24 heavy (non-hydrogen) atoms. The lowest BCUT2D eigenvalue weighted by Crippen LogP contribution is -2.40. The molecule has 1 aromatic carbocycles. The normalized spacial score (nSPS) is 23.9. The number of carbonyl (C=O) groups excluding carboxylic acids is 1. The Kier molecular flexibility index (Phi) is 5.94. The Morgan fingerprint density at radius 1 is 1.17 bits per heavy atom. The summed E-state index contributed by atoms with van der Waals surface area (Å²) in [6, 6.07) is 9.05. The largest absolute Gasteiger partial charge is 0.336 e. The Morgan fingerprint density at radius 3 is 2.58 bits per heavy atom. The third-order valence-electron chi connectivity index (χ3n) is 5.97. The molecule has 0 spiro atoms. The standard InChI is InChI=1S/C21H32N2O/c1-16-6-8-19(9-7-16)20-5-3-4-14-23(20)21(24)15-17(2)18-10-12-22-13-11-18/h6-9,17-18,20,22H,3-5,10-15H2,1-2H3. The van der Waals surface area contributed by atoms with Gasteiger partial charge in [-0.25, -0.2) is 0 Å². The molecular weight excluding hydrogens is 296 g/mol. The van der Waals surface area contributed by atoms with Gasteiger partial charge in [-0.3, -0.25) is 4.79 Å². The van der Waals surface area contributed by atoms with Crippen LogP contribution in [0.4, 0.5) is 0 Å². The Hall–Kier alpha value is -1.35. The van der Waals surface area contributed by atoms with Crippen LogP contribution < -0.4 is 5.32 Å². The number of piperidine rings is 2. The number of amides is 1. The fourth-order valence-corrected chi connectivity index (χ4v) is 4.34. The molecule has 1 aromatic rings. The van der Waals surface area contributed by atoms with Crippen molar-refractivity contribution >= 4 is 5.91 Å². The number of carbonyl (C=O) groups is 1. The second-order valence-electron chi connectivity index (χ2n) is 7.78. The predicted octanol–water partition coefficient (Wildman–Crippen LogP) is 4.07. The molecule has 0 aromatic heterocycles. The molecule has 1 N–H and O–H groups in total. The molecule has 0 bridgehead atoms. The van der Waals surface area contributed by atoms with Gasteiger partial charge in [-0.2, -0.15) is 0 Å². The van der Waals surface area contributed by atoms with Crippen LogP contribution in [-0.4, -0.2) is 30.4 Å². The minimum absolute atomic E-state index is 0.284. The van der Waals surface area contributed by atoms with Crippen LogP contribution in [0.5, 0.6) is 0 Å². The van der Waals surface area contributed by atoms with Crippen LogP contribution in [0.15, 0.2) is 24.3 Å². The number of hydrogen-bond acceptors (Lipinski definition) is 2. The molecule has 0 radical (unpaired) electrons. The topological polar surface area (TPSA) is 32.3 Å². The summed E-state index contributed by atoms with van der Waals surface area (Å²) in [5.74, 6) is 1.57. The minimum Gasteiger partial charge on any atom is -0.336 e. The van der Waals surface area contributed by atoms with E-state index in [1.54, 1.807) is 0 Å². The van der Waals surface area contributed by atoms with Gasteiger partial charge in [0.05, 0.1) is 6.04 Å². The highest BCUT2D eigenvalue weighted by molar-refractivity contribution is 5.77.